The highest BCUT2D eigenvalue weighted by atomic mass is 35.5. The zero-order chi connectivity index (χ0) is 15.6. The molecule has 112 valence electrons. The molecule has 0 amide bonds. The van der Waals surface area contributed by atoms with Gasteiger partial charge < -0.3 is 0 Å². The van der Waals surface area contributed by atoms with Gasteiger partial charge in [0, 0.05) is 6.04 Å². The minimum Gasteiger partial charge on any atom is -0.225 e. The lowest BCUT2D eigenvalue weighted by Gasteiger charge is -2.15. The summed E-state index contributed by atoms with van der Waals surface area (Å²) in [5.74, 6) is -0.381. The van der Waals surface area contributed by atoms with Crippen LogP contribution >= 0.6 is 11.6 Å². The number of rotatable bonds is 4. The van der Waals surface area contributed by atoms with Crippen LogP contribution in [-0.4, -0.2) is 18.4 Å². The first kappa shape index (κ1) is 15.8. The molecule has 1 unspecified atom stereocenters. The zero-order valence-electron chi connectivity index (χ0n) is 11.3. The van der Waals surface area contributed by atoms with Gasteiger partial charge in [0.25, 0.3) is 0 Å². The van der Waals surface area contributed by atoms with Crippen molar-refractivity contribution in [3.63, 3.8) is 0 Å². The van der Waals surface area contributed by atoms with Crippen LogP contribution in [0, 0.1) is 12.7 Å². The Hall–Kier alpha value is -1.57. The third kappa shape index (κ3) is 3.75. The molecule has 21 heavy (non-hydrogen) atoms. The van der Waals surface area contributed by atoms with E-state index < -0.39 is 16.1 Å². The molecule has 0 fully saturated rings. The SMILES string of the molecule is Cc1ccc(C(C)NS(=O)(=O)c2cnc(Cl)nc2)cc1F. The molecule has 0 aliphatic heterocycles. The maximum Gasteiger partial charge on any atom is 0.244 e. The van der Waals surface area contributed by atoms with Crippen LogP contribution in [0.5, 0.6) is 0 Å². The zero-order valence-corrected chi connectivity index (χ0v) is 12.9. The summed E-state index contributed by atoms with van der Waals surface area (Å²) in [6, 6.07) is 3.98. The van der Waals surface area contributed by atoms with Gasteiger partial charge in [-0.3, -0.25) is 0 Å². The number of halogens is 2. The molecule has 0 saturated heterocycles. The summed E-state index contributed by atoms with van der Waals surface area (Å²) in [4.78, 5) is 7.15. The van der Waals surface area contributed by atoms with Crippen molar-refractivity contribution in [1.82, 2.24) is 14.7 Å². The average Bonchev–Trinajstić information content (AvgIpc) is 2.41. The number of benzene rings is 1. The first-order chi connectivity index (χ1) is 9.79. The Morgan fingerprint density at radius 1 is 1.29 bits per heavy atom. The topological polar surface area (TPSA) is 72.0 Å². The van der Waals surface area contributed by atoms with Gasteiger partial charge in [0.2, 0.25) is 15.3 Å². The Bertz CT molecular complexity index is 751. The number of sulfonamides is 1. The van der Waals surface area contributed by atoms with Crippen molar-refractivity contribution in [3.8, 4) is 0 Å². The Morgan fingerprint density at radius 2 is 1.90 bits per heavy atom. The molecule has 0 aliphatic rings. The van der Waals surface area contributed by atoms with E-state index in [2.05, 4.69) is 14.7 Å². The van der Waals surface area contributed by atoms with E-state index in [4.69, 9.17) is 11.6 Å². The van der Waals surface area contributed by atoms with Crippen LogP contribution in [0.3, 0.4) is 0 Å². The molecule has 1 N–H and O–H groups in total. The van der Waals surface area contributed by atoms with Crippen molar-refractivity contribution in [1.29, 1.82) is 0 Å². The fraction of sp³-hybridized carbons (Fsp3) is 0.231. The van der Waals surface area contributed by atoms with Crippen molar-refractivity contribution >= 4 is 21.6 Å². The van der Waals surface area contributed by atoms with Crippen LogP contribution in [0.15, 0.2) is 35.5 Å². The molecule has 1 heterocycles. The van der Waals surface area contributed by atoms with Gasteiger partial charge in [-0.1, -0.05) is 12.1 Å². The van der Waals surface area contributed by atoms with Crippen molar-refractivity contribution in [2.75, 3.05) is 0 Å². The lowest BCUT2D eigenvalue weighted by atomic mass is 10.1. The average molecular weight is 330 g/mol. The molecule has 1 aromatic heterocycles. The molecule has 0 aliphatic carbocycles. The molecule has 1 aromatic carbocycles. The van der Waals surface area contributed by atoms with E-state index in [-0.39, 0.29) is 16.0 Å². The van der Waals surface area contributed by atoms with Crippen LogP contribution in [0.1, 0.15) is 24.1 Å². The normalized spacial score (nSPS) is 13.1. The summed E-state index contributed by atoms with van der Waals surface area (Å²) < 4.78 is 40.3. The molecular weight excluding hydrogens is 317 g/mol. The van der Waals surface area contributed by atoms with Gasteiger partial charge >= 0.3 is 0 Å². The Kier molecular flexibility index (Phi) is 4.55. The molecular formula is C13H13ClFN3O2S. The van der Waals surface area contributed by atoms with Gasteiger partial charge in [-0.2, -0.15) is 0 Å². The molecule has 0 saturated carbocycles. The van der Waals surface area contributed by atoms with Crippen molar-refractivity contribution in [2.45, 2.75) is 24.8 Å². The maximum atomic E-state index is 13.5. The quantitative estimate of drug-likeness (QED) is 0.875. The summed E-state index contributed by atoms with van der Waals surface area (Å²) in [7, 11) is -3.80. The molecule has 0 bridgehead atoms. The van der Waals surface area contributed by atoms with Crippen LogP contribution in [0.2, 0.25) is 5.28 Å². The maximum absolute atomic E-state index is 13.5. The number of aryl methyl sites for hydroxylation is 1. The lowest BCUT2D eigenvalue weighted by molar-refractivity contribution is 0.563. The van der Waals surface area contributed by atoms with Gasteiger partial charge in [-0.25, -0.2) is 27.5 Å². The van der Waals surface area contributed by atoms with Crippen molar-refractivity contribution in [2.24, 2.45) is 0 Å². The fourth-order valence-corrected chi connectivity index (χ4v) is 2.90. The Balaban J connectivity index is 2.23. The first-order valence-corrected chi connectivity index (χ1v) is 7.91. The summed E-state index contributed by atoms with van der Waals surface area (Å²) >= 11 is 5.52. The van der Waals surface area contributed by atoms with Crippen LogP contribution in [0.4, 0.5) is 4.39 Å². The second-order valence-corrected chi connectivity index (χ2v) is 6.59. The van der Waals surface area contributed by atoms with E-state index in [1.54, 1.807) is 26.0 Å². The number of hydrogen-bond donors (Lipinski definition) is 1. The summed E-state index contributed by atoms with van der Waals surface area (Å²) in [6.07, 6.45) is 2.22. The van der Waals surface area contributed by atoms with E-state index in [0.29, 0.717) is 11.1 Å². The Labute approximate surface area is 127 Å². The van der Waals surface area contributed by atoms with Crippen molar-refractivity contribution in [3.05, 3.63) is 52.8 Å². The Morgan fingerprint density at radius 3 is 2.48 bits per heavy atom. The summed E-state index contributed by atoms with van der Waals surface area (Å²) in [6.45, 7) is 3.26. The number of nitrogens with zero attached hydrogens (tertiary/aromatic N) is 2. The number of hydrogen-bond acceptors (Lipinski definition) is 4. The molecule has 5 nitrogen and oxygen atoms in total. The highest BCUT2D eigenvalue weighted by molar-refractivity contribution is 7.89. The number of nitrogens with one attached hydrogen (secondary N) is 1. The monoisotopic (exact) mass is 329 g/mol. The van der Waals surface area contributed by atoms with E-state index >= 15 is 0 Å². The molecule has 2 rings (SSSR count). The number of aromatic nitrogens is 2. The standard InChI is InChI=1S/C13H13ClFN3O2S/c1-8-3-4-10(5-12(8)15)9(2)18-21(19,20)11-6-16-13(14)17-7-11/h3-7,9,18H,1-2H3. The second kappa shape index (κ2) is 6.05. The predicted octanol–water partition coefficient (Wildman–Crippen LogP) is 2.62. The van der Waals surface area contributed by atoms with Gasteiger partial charge in [0.1, 0.15) is 10.7 Å². The lowest BCUT2D eigenvalue weighted by Crippen LogP contribution is -2.27. The molecule has 0 spiro atoms. The third-order valence-corrected chi connectivity index (χ3v) is 4.63. The molecule has 0 radical (unpaired) electrons. The van der Waals surface area contributed by atoms with Gasteiger partial charge in [0.15, 0.2) is 0 Å². The molecule has 2 aromatic rings. The summed E-state index contributed by atoms with van der Waals surface area (Å²) in [5.41, 5.74) is 1.02. The van der Waals surface area contributed by atoms with E-state index in [0.717, 1.165) is 12.4 Å². The van der Waals surface area contributed by atoms with Gasteiger partial charge in [0.05, 0.1) is 12.4 Å². The molecule has 1 atom stereocenters. The third-order valence-electron chi connectivity index (χ3n) is 2.93. The fourth-order valence-electron chi connectivity index (χ4n) is 1.69. The largest absolute Gasteiger partial charge is 0.244 e. The van der Waals surface area contributed by atoms with Crippen LogP contribution < -0.4 is 4.72 Å². The second-order valence-electron chi connectivity index (χ2n) is 4.54. The highest BCUT2D eigenvalue weighted by Crippen LogP contribution is 2.19. The first-order valence-electron chi connectivity index (χ1n) is 6.05. The minimum absolute atomic E-state index is 0.0393. The smallest absolute Gasteiger partial charge is 0.225 e. The van der Waals surface area contributed by atoms with Crippen LogP contribution in [-0.2, 0) is 10.0 Å². The van der Waals surface area contributed by atoms with E-state index in [1.165, 1.54) is 6.07 Å². The van der Waals surface area contributed by atoms with Gasteiger partial charge in [-0.15, -0.1) is 0 Å². The van der Waals surface area contributed by atoms with Gasteiger partial charge in [-0.05, 0) is 42.6 Å². The minimum atomic E-state index is -3.80. The highest BCUT2D eigenvalue weighted by Gasteiger charge is 2.19. The molecule has 8 heteroatoms. The van der Waals surface area contributed by atoms with E-state index in [1.807, 2.05) is 0 Å². The summed E-state index contributed by atoms with van der Waals surface area (Å²) in [5, 5.41) is -0.0393. The van der Waals surface area contributed by atoms with E-state index in [9.17, 15) is 12.8 Å². The predicted molar refractivity (Wildman–Crippen MR) is 76.9 cm³/mol. The van der Waals surface area contributed by atoms with Crippen LogP contribution in [0.25, 0.3) is 0 Å². The van der Waals surface area contributed by atoms with Crippen molar-refractivity contribution < 1.29 is 12.8 Å².